The van der Waals surface area contributed by atoms with Gasteiger partial charge in [-0.05, 0) is 36.4 Å². The Bertz CT molecular complexity index is 810. The lowest BCUT2D eigenvalue weighted by Crippen LogP contribution is -2.51. The number of ether oxygens (including phenoxy) is 2. The van der Waals surface area contributed by atoms with Crippen LogP contribution in [0.4, 0.5) is 5.82 Å². The number of nitrogens with one attached hydrogen (secondary N) is 2. The zero-order valence-corrected chi connectivity index (χ0v) is 15.0. The zero-order valence-electron chi connectivity index (χ0n) is 15.0. The highest BCUT2D eigenvalue weighted by molar-refractivity contribution is 5.98. The van der Waals surface area contributed by atoms with Crippen LogP contribution < -0.4 is 21.1 Å². The van der Waals surface area contributed by atoms with Crippen LogP contribution in [0.1, 0.15) is 27.1 Å². The highest BCUT2D eigenvalue weighted by atomic mass is 16.5. The third-order valence-electron chi connectivity index (χ3n) is 4.32. The normalized spacial score (nSPS) is 19.1. The Labute approximate surface area is 157 Å². The minimum atomic E-state index is -0.491. The van der Waals surface area contributed by atoms with Crippen LogP contribution >= 0.6 is 0 Å². The number of benzene rings is 1. The Kier molecular flexibility index (Phi) is 5.87. The van der Waals surface area contributed by atoms with E-state index >= 15 is 0 Å². The second-order valence-corrected chi connectivity index (χ2v) is 6.14. The third kappa shape index (κ3) is 4.53. The van der Waals surface area contributed by atoms with E-state index in [1.165, 1.54) is 0 Å². The lowest BCUT2D eigenvalue weighted by atomic mass is 10.1. The molecule has 0 saturated carbocycles. The number of primary amides is 1. The van der Waals surface area contributed by atoms with Crippen LogP contribution in [0.3, 0.4) is 0 Å². The standard InChI is InChI=1S/C19H22N4O4/c1-21-18-14(3-2-9-22-18)19(25)23-15-11-26-10-8-16(15)27-13-6-4-12(5-7-13)17(20)24/h2-7,9,15-16H,8,10-11H2,1H3,(H2,20,24)(H,21,22)(H,23,25)/t15-,16-/m1/s1. The fraction of sp³-hybridized carbons (Fsp3) is 0.316. The number of amides is 2. The van der Waals surface area contributed by atoms with Gasteiger partial charge < -0.3 is 25.8 Å². The molecule has 1 aromatic heterocycles. The molecule has 1 aromatic carbocycles. The van der Waals surface area contributed by atoms with Gasteiger partial charge in [-0.1, -0.05) is 0 Å². The third-order valence-corrected chi connectivity index (χ3v) is 4.32. The Hall–Kier alpha value is -3.13. The fourth-order valence-corrected chi connectivity index (χ4v) is 2.90. The minimum absolute atomic E-state index is 0.249. The number of anilines is 1. The monoisotopic (exact) mass is 370 g/mol. The summed E-state index contributed by atoms with van der Waals surface area (Å²) in [6, 6.07) is 9.70. The summed E-state index contributed by atoms with van der Waals surface area (Å²) < 4.78 is 11.5. The zero-order chi connectivity index (χ0) is 19.2. The van der Waals surface area contributed by atoms with Gasteiger partial charge in [-0.3, -0.25) is 9.59 Å². The molecule has 27 heavy (non-hydrogen) atoms. The number of aromatic nitrogens is 1. The van der Waals surface area contributed by atoms with Crippen LogP contribution in [0.15, 0.2) is 42.6 Å². The molecule has 0 unspecified atom stereocenters. The summed E-state index contributed by atoms with van der Waals surface area (Å²) in [7, 11) is 1.71. The predicted octanol–water partition coefficient (Wildman–Crippen LogP) is 1.19. The average Bonchev–Trinajstić information content (AvgIpc) is 2.69. The summed E-state index contributed by atoms with van der Waals surface area (Å²) in [5.74, 6) is 0.366. The molecule has 2 atom stereocenters. The van der Waals surface area contributed by atoms with Crippen molar-refractivity contribution in [1.82, 2.24) is 10.3 Å². The molecule has 8 heteroatoms. The van der Waals surface area contributed by atoms with Gasteiger partial charge in [0, 0.05) is 25.2 Å². The first-order chi connectivity index (χ1) is 13.1. The summed E-state index contributed by atoms with van der Waals surface area (Å²) in [5, 5.41) is 5.87. The van der Waals surface area contributed by atoms with Crippen LogP contribution in [0.25, 0.3) is 0 Å². The maximum absolute atomic E-state index is 12.7. The van der Waals surface area contributed by atoms with Crippen LogP contribution in [0.2, 0.25) is 0 Å². The van der Waals surface area contributed by atoms with Crippen molar-refractivity contribution in [2.24, 2.45) is 5.73 Å². The first-order valence-corrected chi connectivity index (χ1v) is 8.66. The highest BCUT2D eigenvalue weighted by Crippen LogP contribution is 2.20. The number of rotatable bonds is 6. The second-order valence-electron chi connectivity index (χ2n) is 6.14. The molecule has 1 aliphatic rings. The number of carbonyl (C=O) groups excluding carboxylic acids is 2. The van der Waals surface area contributed by atoms with Crippen molar-refractivity contribution >= 4 is 17.6 Å². The number of carbonyl (C=O) groups is 2. The van der Waals surface area contributed by atoms with Gasteiger partial charge in [0.05, 0.1) is 24.8 Å². The number of nitrogens with zero attached hydrogens (tertiary/aromatic N) is 1. The molecule has 8 nitrogen and oxygen atoms in total. The van der Waals surface area contributed by atoms with Crippen molar-refractivity contribution in [3.63, 3.8) is 0 Å². The van der Waals surface area contributed by atoms with Gasteiger partial charge in [-0.2, -0.15) is 0 Å². The topological polar surface area (TPSA) is 116 Å². The van der Waals surface area contributed by atoms with Crippen LogP contribution in [0.5, 0.6) is 5.75 Å². The smallest absolute Gasteiger partial charge is 0.255 e. The highest BCUT2D eigenvalue weighted by Gasteiger charge is 2.30. The van der Waals surface area contributed by atoms with Crippen molar-refractivity contribution in [3.05, 3.63) is 53.7 Å². The lowest BCUT2D eigenvalue weighted by molar-refractivity contribution is -0.00287. The molecule has 1 fully saturated rings. The van der Waals surface area contributed by atoms with Gasteiger partial charge in [-0.25, -0.2) is 4.98 Å². The Morgan fingerprint density at radius 3 is 2.74 bits per heavy atom. The lowest BCUT2D eigenvalue weighted by Gasteiger charge is -2.32. The molecule has 2 aromatic rings. The van der Waals surface area contributed by atoms with E-state index in [4.69, 9.17) is 15.2 Å². The molecule has 1 aliphatic heterocycles. The van der Waals surface area contributed by atoms with E-state index in [-0.39, 0.29) is 18.1 Å². The van der Waals surface area contributed by atoms with Crippen molar-refractivity contribution < 1.29 is 19.1 Å². The largest absolute Gasteiger partial charge is 0.488 e. The minimum Gasteiger partial charge on any atom is -0.488 e. The van der Waals surface area contributed by atoms with E-state index in [1.807, 2.05) is 0 Å². The summed E-state index contributed by atoms with van der Waals surface area (Å²) >= 11 is 0. The maximum Gasteiger partial charge on any atom is 0.255 e. The molecular formula is C19H22N4O4. The van der Waals surface area contributed by atoms with Gasteiger partial charge >= 0.3 is 0 Å². The molecule has 2 heterocycles. The van der Waals surface area contributed by atoms with Crippen LogP contribution in [-0.2, 0) is 4.74 Å². The Morgan fingerprint density at radius 2 is 2.04 bits per heavy atom. The summed E-state index contributed by atoms with van der Waals surface area (Å²) in [5.41, 5.74) is 6.12. The molecule has 142 valence electrons. The van der Waals surface area contributed by atoms with Gasteiger partial charge in [0.1, 0.15) is 17.7 Å². The van der Waals surface area contributed by atoms with Crippen molar-refractivity contribution in [2.75, 3.05) is 25.6 Å². The molecule has 1 saturated heterocycles. The number of nitrogens with two attached hydrogens (primary N) is 1. The van der Waals surface area contributed by atoms with Crippen molar-refractivity contribution in [3.8, 4) is 5.75 Å². The number of hydrogen-bond acceptors (Lipinski definition) is 6. The van der Waals surface area contributed by atoms with E-state index in [1.54, 1.807) is 49.6 Å². The maximum atomic E-state index is 12.7. The summed E-state index contributed by atoms with van der Waals surface area (Å²) in [4.78, 5) is 28.0. The second kappa shape index (κ2) is 8.50. The number of hydrogen-bond donors (Lipinski definition) is 3. The molecule has 4 N–H and O–H groups in total. The van der Waals surface area contributed by atoms with Gasteiger partial charge in [0.15, 0.2) is 0 Å². The van der Waals surface area contributed by atoms with E-state index < -0.39 is 5.91 Å². The van der Waals surface area contributed by atoms with Crippen LogP contribution in [0, 0.1) is 0 Å². The molecular weight excluding hydrogens is 348 g/mol. The molecule has 0 radical (unpaired) electrons. The first-order valence-electron chi connectivity index (χ1n) is 8.66. The van der Waals surface area contributed by atoms with Crippen molar-refractivity contribution in [1.29, 1.82) is 0 Å². The van der Waals surface area contributed by atoms with E-state index in [0.717, 1.165) is 0 Å². The molecule has 0 aliphatic carbocycles. The van der Waals surface area contributed by atoms with Gasteiger partial charge in [0.2, 0.25) is 5.91 Å². The van der Waals surface area contributed by atoms with Gasteiger partial charge in [0.25, 0.3) is 5.91 Å². The number of pyridine rings is 1. The van der Waals surface area contributed by atoms with E-state index in [9.17, 15) is 9.59 Å². The SMILES string of the molecule is CNc1ncccc1C(=O)N[C@@H]1COCC[C@H]1Oc1ccc(C(N)=O)cc1. The Balaban J connectivity index is 1.69. The average molecular weight is 370 g/mol. The quantitative estimate of drug-likeness (QED) is 0.703. The van der Waals surface area contributed by atoms with Crippen LogP contribution in [-0.4, -0.2) is 49.2 Å². The molecule has 3 rings (SSSR count). The van der Waals surface area contributed by atoms with Gasteiger partial charge in [-0.15, -0.1) is 0 Å². The van der Waals surface area contributed by atoms with E-state index in [2.05, 4.69) is 15.6 Å². The van der Waals surface area contributed by atoms with Crippen molar-refractivity contribution in [2.45, 2.75) is 18.6 Å². The summed E-state index contributed by atoms with van der Waals surface area (Å²) in [6.45, 7) is 0.899. The molecule has 0 bridgehead atoms. The fourth-order valence-electron chi connectivity index (χ4n) is 2.90. The molecule has 0 spiro atoms. The molecule has 2 amide bonds. The Morgan fingerprint density at radius 1 is 1.26 bits per heavy atom. The first kappa shape index (κ1) is 18.7. The predicted molar refractivity (Wildman–Crippen MR) is 99.8 cm³/mol. The van der Waals surface area contributed by atoms with E-state index in [0.29, 0.717) is 42.3 Å². The summed E-state index contributed by atoms with van der Waals surface area (Å²) in [6.07, 6.45) is 2.00.